The number of aliphatic carboxylic acids is 1. The number of carboxylic acid groups (broad SMARTS) is 1. The van der Waals surface area contributed by atoms with E-state index in [1.807, 2.05) is 0 Å². The number of hydrogen-bond donors (Lipinski definition) is 1. The van der Waals surface area contributed by atoms with Crippen molar-refractivity contribution in [2.24, 2.45) is 17.0 Å². The van der Waals surface area contributed by atoms with Gasteiger partial charge in [0.2, 0.25) is 6.61 Å². The summed E-state index contributed by atoms with van der Waals surface area (Å²) in [4.78, 5) is 15.0. The monoisotopic (exact) mass is 211 g/mol. The molecule has 4 nitrogen and oxygen atoms in total. The normalized spacial score (nSPS) is 29.1. The van der Waals surface area contributed by atoms with E-state index in [0.717, 1.165) is 30.4 Å². The molecule has 0 amide bonds. The number of carbonyl (C=O) groups is 1. The Balaban J connectivity index is 1.78. The molecule has 0 spiro atoms. The maximum absolute atomic E-state index is 10.2. The summed E-state index contributed by atoms with van der Waals surface area (Å²) < 4.78 is 0. The summed E-state index contributed by atoms with van der Waals surface area (Å²) in [5, 5.41) is 12.3. The topological polar surface area (TPSA) is 58.9 Å². The molecule has 1 N–H and O–H groups in total. The zero-order valence-corrected chi connectivity index (χ0v) is 8.82. The lowest BCUT2D eigenvalue weighted by atomic mass is 9.84. The van der Waals surface area contributed by atoms with Crippen LogP contribution < -0.4 is 0 Å². The first-order valence-corrected chi connectivity index (χ1v) is 5.65. The fourth-order valence-electron chi connectivity index (χ4n) is 2.31. The smallest absolute Gasteiger partial charge is 0.344 e. The van der Waals surface area contributed by atoms with Crippen molar-refractivity contribution in [1.29, 1.82) is 0 Å². The van der Waals surface area contributed by atoms with E-state index in [9.17, 15) is 4.79 Å². The maximum Gasteiger partial charge on any atom is 0.344 e. The zero-order chi connectivity index (χ0) is 10.7. The predicted molar refractivity (Wildman–Crippen MR) is 55.7 cm³/mol. The SMILES string of the molecule is O=C(O)CON=C1CCCC(C2CC2)C1. The van der Waals surface area contributed by atoms with Gasteiger partial charge in [-0.1, -0.05) is 5.16 Å². The Bertz CT molecular complexity index is 271. The molecule has 2 saturated carbocycles. The lowest BCUT2D eigenvalue weighted by molar-refractivity contribution is -0.142. The van der Waals surface area contributed by atoms with Gasteiger partial charge >= 0.3 is 5.97 Å². The van der Waals surface area contributed by atoms with Crippen molar-refractivity contribution in [3.8, 4) is 0 Å². The van der Waals surface area contributed by atoms with Gasteiger partial charge in [0.15, 0.2) is 0 Å². The average Bonchev–Trinajstić information content (AvgIpc) is 3.01. The summed E-state index contributed by atoms with van der Waals surface area (Å²) in [6, 6.07) is 0. The van der Waals surface area contributed by atoms with Crippen molar-refractivity contribution in [3.05, 3.63) is 0 Å². The van der Waals surface area contributed by atoms with Crippen LogP contribution in [0.15, 0.2) is 5.16 Å². The van der Waals surface area contributed by atoms with Crippen LogP contribution in [0.2, 0.25) is 0 Å². The molecule has 0 aromatic carbocycles. The minimum absolute atomic E-state index is 0.322. The van der Waals surface area contributed by atoms with Crippen LogP contribution >= 0.6 is 0 Å². The van der Waals surface area contributed by atoms with Crippen LogP contribution in [-0.2, 0) is 9.63 Å². The molecule has 1 atom stereocenters. The lowest BCUT2D eigenvalue weighted by Gasteiger charge is -2.22. The maximum atomic E-state index is 10.2. The number of oxime groups is 1. The fourth-order valence-corrected chi connectivity index (χ4v) is 2.31. The Morgan fingerprint density at radius 3 is 2.87 bits per heavy atom. The van der Waals surface area contributed by atoms with Crippen molar-refractivity contribution in [2.45, 2.75) is 38.5 Å². The van der Waals surface area contributed by atoms with Gasteiger partial charge in [0.1, 0.15) is 0 Å². The number of hydrogen-bond acceptors (Lipinski definition) is 3. The van der Waals surface area contributed by atoms with Gasteiger partial charge in [-0.25, -0.2) is 4.79 Å². The molecule has 4 heteroatoms. The van der Waals surface area contributed by atoms with Crippen LogP contribution in [0.3, 0.4) is 0 Å². The number of rotatable bonds is 4. The van der Waals surface area contributed by atoms with E-state index in [2.05, 4.69) is 5.16 Å². The van der Waals surface area contributed by atoms with Crippen molar-refractivity contribution in [2.75, 3.05) is 6.61 Å². The molecule has 0 heterocycles. The number of nitrogens with zero attached hydrogens (tertiary/aromatic N) is 1. The van der Waals surface area contributed by atoms with Gasteiger partial charge in [-0.05, 0) is 50.4 Å². The number of carboxylic acids is 1. The molecule has 0 aromatic rings. The summed E-state index contributed by atoms with van der Waals surface area (Å²) in [5.74, 6) is 0.731. The largest absolute Gasteiger partial charge is 0.479 e. The van der Waals surface area contributed by atoms with Gasteiger partial charge in [-0.15, -0.1) is 0 Å². The molecule has 2 aliphatic carbocycles. The van der Waals surface area contributed by atoms with E-state index < -0.39 is 5.97 Å². The summed E-state index contributed by atoms with van der Waals surface area (Å²) >= 11 is 0. The van der Waals surface area contributed by atoms with E-state index in [1.165, 1.54) is 25.7 Å². The van der Waals surface area contributed by atoms with Crippen molar-refractivity contribution in [1.82, 2.24) is 0 Å². The molecule has 0 saturated heterocycles. The van der Waals surface area contributed by atoms with E-state index in [1.54, 1.807) is 0 Å². The van der Waals surface area contributed by atoms with Crippen LogP contribution in [0, 0.1) is 11.8 Å². The minimum atomic E-state index is -0.964. The summed E-state index contributed by atoms with van der Waals surface area (Å²) in [7, 11) is 0. The fraction of sp³-hybridized carbons (Fsp3) is 0.818. The molecule has 2 rings (SSSR count). The lowest BCUT2D eigenvalue weighted by Crippen LogP contribution is -2.17. The average molecular weight is 211 g/mol. The van der Waals surface area contributed by atoms with Crippen LogP contribution in [0.4, 0.5) is 0 Å². The Hall–Kier alpha value is -1.06. The quantitative estimate of drug-likeness (QED) is 0.724. The summed E-state index contributed by atoms with van der Waals surface area (Å²) in [6.07, 6.45) is 7.22. The predicted octanol–water partition coefficient (Wildman–Crippen LogP) is 2.04. The summed E-state index contributed by atoms with van der Waals surface area (Å²) in [5.41, 5.74) is 1.06. The van der Waals surface area contributed by atoms with Gasteiger partial charge in [-0.3, -0.25) is 0 Å². The van der Waals surface area contributed by atoms with E-state index in [0.29, 0.717) is 0 Å². The third kappa shape index (κ3) is 3.22. The molecule has 2 fully saturated rings. The standard InChI is InChI=1S/C11H17NO3/c13-11(14)7-15-12-10-3-1-2-9(6-10)8-4-5-8/h8-9H,1-7H2,(H,13,14). The van der Waals surface area contributed by atoms with Crippen LogP contribution in [0.5, 0.6) is 0 Å². The van der Waals surface area contributed by atoms with Crippen molar-refractivity contribution >= 4 is 11.7 Å². The first kappa shape index (κ1) is 10.5. The van der Waals surface area contributed by atoms with Crippen LogP contribution in [-0.4, -0.2) is 23.4 Å². The third-order valence-corrected chi connectivity index (χ3v) is 3.21. The van der Waals surface area contributed by atoms with Gasteiger partial charge in [-0.2, -0.15) is 0 Å². The molecule has 0 bridgehead atoms. The molecule has 0 aromatic heterocycles. The zero-order valence-electron chi connectivity index (χ0n) is 8.82. The van der Waals surface area contributed by atoms with Crippen LogP contribution in [0.1, 0.15) is 38.5 Å². The highest BCUT2D eigenvalue weighted by Gasteiger charge is 2.33. The Morgan fingerprint density at radius 2 is 2.20 bits per heavy atom. The second-order valence-electron chi connectivity index (χ2n) is 4.52. The third-order valence-electron chi connectivity index (χ3n) is 3.21. The Labute approximate surface area is 89.3 Å². The molecule has 15 heavy (non-hydrogen) atoms. The molecule has 0 aliphatic heterocycles. The molecular weight excluding hydrogens is 194 g/mol. The molecular formula is C11H17NO3. The molecule has 2 aliphatic rings. The summed E-state index contributed by atoms with van der Waals surface area (Å²) in [6.45, 7) is -0.322. The molecule has 1 unspecified atom stereocenters. The van der Waals surface area contributed by atoms with E-state index in [4.69, 9.17) is 9.94 Å². The Morgan fingerprint density at radius 1 is 1.40 bits per heavy atom. The second-order valence-corrected chi connectivity index (χ2v) is 4.52. The van der Waals surface area contributed by atoms with Crippen molar-refractivity contribution in [3.63, 3.8) is 0 Å². The highest BCUT2D eigenvalue weighted by molar-refractivity contribution is 5.85. The highest BCUT2D eigenvalue weighted by Crippen LogP contribution is 2.43. The van der Waals surface area contributed by atoms with Gasteiger partial charge in [0, 0.05) is 0 Å². The van der Waals surface area contributed by atoms with Crippen LogP contribution in [0.25, 0.3) is 0 Å². The van der Waals surface area contributed by atoms with Gasteiger partial charge < -0.3 is 9.94 Å². The highest BCUT2D eigenvalue weighted by atomic mass is 16.6. The van der Waals surface area contributed by atoms with Gasteiger partial charge in [0.25, 0.3) is 0 Å². The first-order chi connectivity index (χ1) is 7.25. The van der Waals surface area contributed by atoms with Crippen molar-refractivity contribution < 1.29 is 14.7 Å². The minimum Gasteiger partial charge on any atom is -0.479 e. The molecule has 0 radical (unpaired) electrons. The van der Waals surface area contributed by atoms with E-state index in [-0.39, 0.29) is 6.61 Å². The molecule has 84 valence electrons. The van der Waals surface area contributed by atoms with E-state index >= 15 is 0 Å². The van der Waals surface area contributed by atoms with Gasteiger partial charge in [0.05, 0.1) is 5.71 Å². The Kier molecular flexibility index (Phi) is 3.23. The first-order valence-electron chi connectivity index (χ1n) is 5.65. The second kappa shape index (κ2) is 4.64.